The van der Waals surface area contributed by atoms with Gasteiger partial charge in [-0.2, -0.15) is 0 Å². The Kier molecular flexibility index (Phi) is 17.2. The monoisotopic (exact) mass is 278 g/mol. The first-order valence-corrected chi connectivity index (χ1v) is 9.47. The van der Waals surface area contributed by atoms with E-state index in [1.54, 1.807) is 0 Å². The molecule has 0 aromatic rings. The Balaban J connectivity index is 2.92. The zero-order chi connectivity index (χ0) is 14.9. The molecule has 0 spiro atoms. The topological polar surface area (TPSA) is 0 Å². The molecule has 0 aromatic carbocycles. The van der Waals surface area contributed by atoms with Crippen LogP contribution in [0.3, 0.4) is 0 Å². The van der Waals surface area contributed by atoms with Crippen LogP contribution >= 0.6 is 0 Å². The van der Waals surface area contributed by atoms with Gasteiger partial charge in [-0.15, -0.1) is 0 Å². The summed E-state index contributed by atoms with van der Waals surface area (Å²) in [5.74, 6) is 0.894. The third kappa shape index (κ3) is 18.1. The maximum atomic E-state index is 5.49. The van der Waals surface area contributed by atoms with Crippen molar-refractivity contribution in [1.82, 2.24) is 0 Å². The van der Waals surface area contributed by atoms with Crippen LogP contribution in [-0.4, -0.2) is 7.85 Å². The van der Waals surface area contributed by atoms with Gasteiger partial charge in [0.25, 0.3) is 0 Å². The van der Waals surface area contributed by atoms with Crippen molar-refractivity contribution in [3.05, 3.63) is 0 Å². The molecule has 0 aromatic heterocycles. The summed E-state index contributed by atoms with van der Waals surface area (Å²) in [4.78, 5) is 0. The Morgan fingerprint density at radius 3 is 1.10 bits per heavy atom. The Morgan fingerprint density at radius 2 is 0.800 bits per heavy atom. The second kappa shape index (κ2) is 17.1. The molecule has 0 saturated heterocycles. The van der Waals surface area contributed by atoms with Crippen LogP contribution in [0, 0.1) is 5.92 Å². The number of hydrogen-bond donors (Lipinski definition) is 0. The molecule has 0 nitrogen and oxygen atoms in total. The fraction of sp³-hybridized carbons (Fsp3) is 1.00. The zero-order valence-electron chi connectivity index (χ0n) is 14.5. The first-order valence-electron chi connectivity index (χ1n) is 9.47. The van der Waals surface area contributed by atoms with E-state index in [4.69, 9.17) is 7.85 Å². The molecule has 0 rings (SSSR count). The maximum absolute atomic E-state index is 5.49. The Bertz CT molecular complexity index is 165. The van der Waals surface area contributed by atoms with Gasteiger partial charge in [0.15, 0.2) is 0 Å². The minimum atomic E-state index is 0.872. The molecule has 0 saturated carbocycles. The van der Waals surface area contributed by atoms with Crippen LogP contribution in [0.15, 0.2) is 0 Å². The van der Waals surface area contributed by atoms with Crippen molar-refractivity contribution >= 4 is 7.85 Å². The molecule has 1 heteroatoms. The van der Waals surface area contributed by atoms with Crippen LogP contribution in [0.25, 0.3) is 0 Å². The third-order valence-electron chi connectivity index (χ3n) is 4.24. The summed E-state index contributed by atoms with van der Waals surface area (Å²) in [6.45, 7) is 4.66. The summed E-state index contributed by atoms with van der Waals surface area (Å²) < 4.78 is 0. The van der Waals surface area contributed by atoms with Gasteiger partial charge in [0.1, 0.15) is 0 Å². The van der Waals surface area contributed by atoms with E-state index in [1.165, 1.54) is 96.3 Å². The van der Waals surface area contributed by atoms with Gasteiger partial charge in [-0.05, 0) is 5.92 Å². The molecule has 20 heavy (non-hydrogen) atoms. The molecule has 0 aliphatic rings. The summed E-state index contributed by atoms with van der Waals surface area (Å²) in [7, 11) is 5.49. The standard InChI is InChI=1S/C19H39B/c1-19(2)17-15-13-11-9-7-5-3-4-6-8-10-12-14-16-18-20/h19H,3-18H2,1-2H3. The molecule has 0 bridgehead atoms. The molecule has 2 radical (unpaired) electrons. The lowest BCUT2D eigenvalue weighted by Gasteiger charge is -2.05. The van der Waals surface area contributed by atoms with E-state index in [0.29, 0.717) is 0 Å². The second-order valence-electron chi connectivity index (χ2n) is 6.92. The van der Waals surface area contributed by atoms with Crippen molar-refractivity contribution < 1.29 is 0 Å². The molecule has 0 aliphatic heterocycles. The minimum Gasteiger partial charge on any atom is -0.0887 e. The predicted octanol–water partition coefficient (Wildman–Crippen LogP) is 7.08. The van der Waals surface area contributed by atoms with E-state index in [0.717, 1.165) is 12.2 Å². The minimum absolute atomic E-state index is 0.872. The van der Waals surface area contributed by atoms with Gasteiger partial charge in [-0.3, -0.25) is 0 Å². The molecule has 0 N–H and O–H groups in total. The molecule has 118 valence electrons. The molecule has 0 aliphatic carbocycles. The lowest BCUT2D eigenvalue weighted by Crippen LogP contribution is -1.87. The largest absolute Gasteiger partial charge is 0.0887 e. The first kappa shape index (κ1) is 20.1. The van der Waals surface area contributed by atoms with Crippen molar-refractivity contribution in [2.45, 2.75) is 116 Å². The molecule has 0 atom stereocenters. The van der Waals surface area contributed by atoms with Crippen molar-refractivity contribution in [2.75, 3.05) is 0 Å². The summed E-state index contributed by atoms with van der Waals surface area (Å²) in [5.41, 5.74) is 0. The molecule has 0 unspecified atom stereocenters. The van der Waals surface area contributed by atoms with Crippen molar-refractivity contribution in [1.29, 1.82) is 0 Å². The van der Waals surface area contributed by atoms with Crippen LogP contribution in [0.1, 0.15) is 110 Å². The smallest absolute Gasteiger partial charge is 0.0653 e. The average Bonchev–Trinajstić information content (AvgIpc) is 2.43. The van der Waals surface area contributed by atoms with Crippen LogP contribution in [0.5, 0.6) is 0 Å². The van der Waals surface area contributed by atoms with E-state index in [-0.39, 0.29) is 0 Å². The SMILES string of the molecule is [B]CCCCCCCCCCCCCCCCC(C)C. The summed E-state index contributed by atoms with van der Waals surface area (Å²) in [5, 5.41) is 0. The molecule has 0 heterocycles. The summed E-state index contributed by atoms with van der Waals surface area (Å²) in [6, 6.07) is 0. The predicted molar refractivity (Wildman–Crippen MR) is 94.7 cm³/mol. The van der Waals surface area contributed by atoms with Crippen molar-refractivity contribution in [3.8, 4) is 0 Å². The summed E-state index contributed by atoms with van der Waals surface area (Å²) in [6.07, 6.45) is 22.3. The highest BCUT2D eigenvalue weighted by molar-refractivity contribution is 6.08. The van der Waals surface area contributed by atoms with Gasteiger partial charge in [0.05, 0.1) is 7.85 Å². The van der Waals surface area contributed by atoms with Gasteiger partial charge in [-0.1, -0.05) is 116 Å². The van der Waals surface area contributed by atoms with Gasteiger partial charge in [0.2, 0.25) is 0 Å². The fourth-order valence-electron chi connectivity index (χ4n) is 2.82. The van der Waals surface area contributed by atoms with Crippen LogP contribution in [0.4, 0.5) is 0 Å². The first-order chi connectivity index (χ1) is 9.77. The lowest BCUT2D eigenvalue weighted by atomic mass is 9.98. The van der Waals surface area contributed by atoms with Crippen LogP contribution < -0.4 is 0 Å². The zero-order valence-corrected chi connectivity index (χ0v) is 14.5. The number of unbranched alkanes of at least 4 members (excludes halogenated alkanes) is 13. The normalized spacial score (nSPS) is 11.3. The molecular formula is C19H39B. The molecular weight excluding hydrogens is 239 g/mol. The van der Waals surface area contributed by atoms with E-state index in [1.807, 2.05) is 0 Å². The van der Waals surface area contributed by atoms with Crippen LogP contribution in [0.2, 0.25) is 6.32 Å². The number of rotatable bonds is 16. The highest BCUT2D eigenvalue weighted by atomic mass is 14.0. The Hall–Kier alpha value is 0.0649. The molecule has 0 amide bonds. The van der Waals surface area contributed by atoms with E-state index < -0.39 is 0 Å². The van der Waals surface area contributed by atoms with E-state index in [9.17, 15) is 0 Å². The summed E-state index contributed by atoms with van der Waals surface area (Å²) >= 11 is 0. The quantitative estimate of drug-likeness (QED) is 0.209. The Morgan fingerprint density at radius 1 is 0.500 bits per heavy atom. The van der Waals surface area contributed by atoms with Crippen molar-refractivity contribution in [2.24, 2.45) is 5.92 Å². The third-order valence-corrected chi connectivity index (χ3v) is 4.24. The van der Waals surface area contributed by atoms with Gasteiger partial charge < -0.3 is 0 Å². The van der Waals surface area contributed by atoms with Gasteiger partial charge >= 0.3 is 0 Å². The van der Waals surface area contributed by atoms with Crippen molar-refractivity contribution in [3.63, 3.8) is 0 Å². The van der Waals surface area contributed by atoms with E-state index in [2.05, 4.69) is 13.8 Å². The second-order valence-corrected chi connectivity index (χ2v) is 6.92. The average molecular weight is 278 g/mol. The van der Waals surface area contributed by atoms with E-state index >= 15 is 0 Å². The van der Waals surface area contributed by atoms with Gasteiger partial charge in [0, 0.05) is 0 Å². The molecule has 0 fully saturated rings. The van der Waals surface area contributed by atoms with Crippen LogP contribution in [-0.2, 0) is 0 Å². The van der Waals surface area contributed by atoms with Gasteiger partial charge in [-0.25, -0.2) is 0 Å². The Labute approximate surface area is 130 Å². The maximum Gasteiger partial charge on any atom is 0.0653 e. The lowest BCUT2D eigenvalue weighted by molar-refractivity contribution is 0.502. The fourth-order valence-corrected chi connectivity index (χ4v) is 2.82. The highest BCUT2D eigenvalue weighted by Gasteiger charge is 1.95. The number of hydrogen-bond acceptors (Lipinski definition) is 0. The highest BCUT2D eigenvalue weighted by Crippen LogP contribution is 2.14.